The number of pyridine rings is 1. The summed E-state index contributed by atoms with van der Waals surface area (Å²) in [6.45, 7) is 0. The van der Waals surface area contributed by atoms with E-state index in [2.05, 4.69) is 15.3 Å². The Bertz CT molecular complexity index is 790. The number of H-pyrrole nitrogens is 1. The highest BCUT2D eigenvalue weighted by Gasteiger charge is 2.10. The molecule has 0 radical (unpaired) electrons. The number of nitrogens with zero attached hydrogens (tertiary/aromatic N) is 1. The van der Waals surface area contributed by atoms with Gasteiger partial charge in [-0.2, -0.15) is 0 Å². The standard InChI is InChI=1S/C13H9N3O3/c17-12(8-4-6-14-7-5-8)15-9-2-1-3-10-11(9)16-13(18)19-10/h1-7H,(H,15,17)(H,16,18). The van der Waals surface area contributed by atoms with Crippen LogP contribution in [0.25, 0.3) is 11.1 Å². The molecule has 3 rings (SSSR count). The number of rotatable bonds is 2. The van der Waals surface area contributed by atoms with E-state index in [1.54, 1.807) is 30.3 Å². The summed E-state index contributed by atoms with van der Waals surface area (Å²) in [5, 5.41) is 2.72. The van der Waals surface area contributed by atoms with Gasteiger partial charge in [0.2, 0.25) is 0 Å². The van der Waals surface area contributed by atoms with E-state index in [1.165, 1.54) is 12.4 Å². The Kier molecular flexibility index (Phi) is 2.60. The van der Waals surface area contributed by atoms with Crippen molar-refractivity contribution >= 4 is 22.7 Å². The molecule has 0 aliphatic rings. The predicted molar refractivity (Wildman–Crippen MR) is 69.0 cm³/mol. The van der Waals surface area contributed by atoms with Crippen molar-refractivity contribution in [1.82, 2.24) is 9.97 Å². The van der Waals surface area contributed by atoms with Gasteiger partial charge in [0.05, 0.1) is 5.69 Å². The first-order valence-corrected chi connectivity index (χ1v) is 5.57. The molecule has 94 valence electrons. The quantitative estimate of drug-likeness (QED) is 0.730. The minimum atomic E-state index is -0.555. The summed E-state index contributed by atoms with van der Waals surface area (Å²) in [6.07, 6.45) is 3.07. The molecule has 0 fully saturated rings. The normalized spacial score (nSPS) is 10.5. The van der Waals surface area contributed by atoms with Crippen LogP contribution in [0.15, 0.2) is 51.9 Å². The van der Waals surface area contributed by atoms with Gasteiger partial charge in [-0.25, -0.2) is 4.79 Å². The van der Waals surface area contributed by atoms with Gasteiger partial charge in [-0.1, -0.05) is 6.07 Å². The van der Waals surface area contributed by atoms with E-state index in [1.807, 2.05) is 0 Å². The number of amides is 1. The lowest BCUT2D eigenvalue weighted by Gasteiger charge is -2.05. The van der Waals surface area contributed by atoms with Gasteiger partial charge >= 0.3 is 5.76 Å². The third kappa shape index (κ3) is 2.11. The molecule has 6 nitrogen and oxygen atoms in total. The van der Waals surface area contributed by atoms with E-state index >= 15 is 0 Å². The number of carbonyl (C=O) groups is 1. The maximum absolute atomic E-state index is 12.0. The summed E-state index contributed by atoms with van der Waals surface area (Å²) < 4.78 is 4.92. The van der Waals surface area contributed by atoms with E-state index in [-0.39, 0.29) is 5.91 Å². The van der Waals surface area contributed by atoms with Crippen LogP contribution in [-0.4, -0.2) is 15.9 Å². The third-order valence-electron chi connectivity index (χ3n) is 2.65. The molecular weight excluding hydrogens is 246 g/mol. The fourth-order valence-electron chi connectivity index (χ4n) is 1.77. The topological polar surface area (TPSA) is 88.0 Å². The fourth-order valence-corrected chi connectivity index (χ4v) is 1.77. The first-order chi connectivity index (χ1) is 9.24. The molecule has 0 aliphatic heterocycles. The average molecular weight is 255 g/mol. The van der Waals surface area contributed by atoms with Crippen LogP contribution < -0.4 is 11.1 Å². The highest BCUT2D eigenvalue weighted by atomic mass is 16.4. The summed E-state index contributed by atoms with van der Waals surface area (Å²) >= 11 is 0. The van der Waals surface area contributed by atoms with Crippen LogP contribution in [0.1, 0.15) is 10.4 Å². The lowest BCUT2D eigenvalue weighted by atomic mass is 10.2. The maximum Gasteiger partial charge on any atom is 0.417 e. The SMILES string of the molecule is O=C(Nc1cccc2oc(=O)[nH]c12)c1ccncc1. The van der Waals surface area contributed by atoms with Crippen LogP contribution in [0.3, 0.4) is 0 Å². The summed E-state index contributed by atoms with van der Waals surface area (Å²) in [5.41, 5.74) is 1.84. The van der Waals surface area contributed by atoms with E-state index in [0.29, 0.717) is 22.4 Å². The minimum Gasteiger partial charge on any atom is -0.408 e. The number of benzene rings is 1. The second-order valence-corrected chi connectivity index (χ2v) is 3.88. The molecule has 1 aromatic carbocycles. The van der Waals surface area contributed by atoms with Crippen LogP contribution in [-0.2, 0) is 0 Å². The molecule has 2 aromatic heterocycles. The Morgan fingerprint density at radius 2 is 2.00 bits per heavy atom. The van der Waals surface area contributed by atoms with Gasteiger partial charge in [0.25, 0.3) is 5.91 Å². The molecular formula is C13H9N3O3. The van der Waals surface area contributed by atoms with Crippen LogP contribution in [0, 0.1) is 0 Å². The minimum absolute atomic E-state index is 0.281. The number of oxazole rings is 1. The Labute approximate surface area is 107 Å². The average Bonchev–Trinajstić information content (AvgIpc) is 2.81. The van der Waals surface area contributed by atoms with Crippen molar-refractivity contribution in [1.29, 1.82) is 0 Å². The number of nitrogens with one attached hydrogen (secondary N) is 2. The number of anilines is 1. The molecule has 0 aliphatic carbocycles. The number of aromatic amines is 1. The monoisotopic (exact) mass is 255 g/mol. The van der Waals surface area contributed by atoms with Crippen molar-refractivity contribution in [2.24, 2.45) is 0 Å². The molecule has 3 aromatic rings. The van der Waals surface area contributed by atoms with Crippen molar-refractivity contribution in [3.05, 3.63) is 58.8 Å². The zero-order valence-corrected chi connectivity index (χ0v) is 9.71. The Morgan fingerprint density at radius 1 is 1.21 bits per heavy atom. The number of para-hydroxylation sites is 1. The molecule has 0 atom stereocenters. The summed E-state index contributed by atoms with van der Waals surface area (Å²) in [6, 6.07) is 8.24. The first-order valence-electron chi connectivity index (χ1n) is 5.57. The summed E-state index contributed by atoms with van der Waals surface area (Å²) in [5.74, 6) is -0.836. The number of aromatic nitrogens is 2. The zero-order valence-electron chi connectivity index (χ0n) is 9.71. The number of fused-ring (bicyclic) bond motifs is 1. The van der Waals surface area contributed by atoms with Crippen molar-refractivity contribution < 1.29 is 9.21 Å². The van der Waals surface area contributed by atoms with Crippen LogP contribution in [0.4, 0.5) is 5.69 Å². The second-order valence-electron chi connectivity index (χ2n) is 3.88. The van der Waals surface area contributed by atoms with Crippen molar-refractivity contribution in [2.75, 3.05) is 5.32 Å². The Balaban J connectivity index is 1.98. The van der Waals surface area contributed by atoms with Gasteiger partial charge in [-0.15, -0.1) is 0 Å². The zero-order chi connectivity index (χ0) is 13.2. The van der Waals surface area contributed by atoms with Gasteiger partial charge in [0, 0.05) is 18.0 Å². The van der Waals surface area contributed by atoms with Crippen molar-refractivity contribution in [3.63, 3.8) is 0 Å². The third-order valence-corrected chi connectivity index (χ3v) is 2.65. The lowest BCUT2D eigenvalue weighted by molar-refractivity contribution is 0.102. The van der Waals surface area contributed by atoms with E-state index < -0.39 is 5.76 Å². The van der Waals surface area contributed by atoms with Gasteiger partial charge in [-0.05, 0) is 24.3 Å². The molecule has 1 amide bonds. The van der Waals surface area contributed by atoms with Crippen LogP contribution >= 0.6 is 0 Å². The predicted octanol–water partition coefficient (Wildman–Crippen LogP) is 1.77. The van der Waals surface area contributed by atoms with Crippen LogP contribution in [0.2, 0.25) is 0 Å². The second kappa shape index (κ2) is 4.41. The highest BCUT2D eigenvalue weighted by molar-refractivity contribution is 6.07. The van der Waals surface area contributed by atoms with Gasteiger partial charge < -0.3 is 9.73 Å². The molecule has 2 N–H and O–H groups in total. The maximum atomic E-state index is 12.0. The summed E-state index contributed by atoms with van der Waals surface area (Å²) in [7, 11) is 0. The molecule has 0 bridgehead atoms. The van der Waals surface area contributed by atoms with Crippen LogP contribution in [0.5, 0.6) is 0 Å². The first kappa shape index (κ1) is 11.2. The molecule has 2 heterocycles. The fraction of sp³-hybridized carbons (Fsp3) is 0. The van der Waals surface area contributed by atoms with Gasteiger partial charge in [0.15, 0.2) is 5.58 Å². The largest absolute Gasteiger partial charge is 0.417 e. The van der Waals surface area contributed by atoms with Gasteiger partial charge in [0.1, 0.15) is 5.52 Å². The number of carbonyl (C=O) groups excluding carboxylic acids is 1. The van der Waals surface area contributed by atoms with Crippen molar-refractivity contribution in [3.8, 4) is 0 Å². The number of hydrogen-bond acceptors (Lipinski definition) is 4. The molecule has 0 saturated heterocycles. The van der Waals surface area contributed by atoms with Crippen molar-refractivity contribution in [2.45, 2.75) is 0 Å². The lowest BCUT2D eigenvalue weighted by Crippen LogP contribution is -2.12. The Hall–Kier alpha value is -2.89. The van der Waals surface area contributed by atoms with E-state index in [9.17, 15) is 9.59 Å². The number of hydrogen-bond donors (Lipinski definition) is 2. The highest BCUT2D eigenvalue weighted by Crippen LogP contribution is 2.20. The summed E-state index contributed by atoms with van der Waals surface area (Å²) in [4.78, 5) is 29.5. The molecule has 0 unspecified atom stereocenters. The van der Waals surface area contributed by atoms with E-state index in [4.69, 9.17) is 4.42 Å². The molecule has 6 heteroatoms. The molecule has 0 spiro atoms. The smallest absolute Gasteiger partial charge is 0.408 e. The molecule has 19 heavy (non-hydrogen) atoms. The Morgan fingerprint density at radius 3 is 2.79 bits per heavy atom. The molecule has 0 saturated carbocycles. The van der Waals surface area contributed by atoms with E-state index in [0.717, 1.165) is 0 Å². The van der Waals surface area contributed by atoms with Gasteiger partial charge in [-0.3, -0.25) is 14.8 Å².